The van der Waals surface area contributed by atoms with Gasteiger partial charge in [0.1, 0.15) is 10.5 Å². The minimum Gasteiger partial charge on any atom is -0.444 e. The van der Waals surface area contributed by atoms with Gasteiger partial charge in [0, 0.05) is 19.2 Å². The van der Waals surface area contributed by atoms with Crippen LogP contribution in [0.15, 0.2) is 24.4 Å². The van der Waals surface area contributed by atoms with Gasteiger partial charge in [-0.3, -0.25) is 0 Å². The SMILES string of the molecule is Cc1nc(Oc2ccc(N)c(F)c2F)c(-c2ccnc(N[C@@H]3CN(C(=O)OC(C)(C)C)CC(F)(F)C3)n2)s1. The van der Waals surface area contributed by atoms with Crippen molar-refractivity contribution in [1.29, 1.82) is 0 Å². The Hall–Kier alpha value is -3.68. The number of thiazole rings is 1. The van der Waals surface area contributed by atoms with Crippen LogP contribution in [0.2, 0.25) is 0 Å². The molecule has 1 saturated heterocycles. The molecule has 1 aliphatic rings. The van der Waals surface area contributed by atoms with Crippen LogP contribution >= 0.6 is 11.3 Å². The Morgan fingerprint density at radius 1 is 1.21 bits per heavy atom. The number of alkyl halides is 2. The van der Waals surface area contributed by atoms with Crippen LogP contribution in [-0.2, 0) is 4.74 Å². The van der Waals surface area contributed by atoms with Gasteiger partial charge in [0.2, 0.25) is 17.6 Å². The zero-order chi connectivity index (χ0) is 27.8. The number of nitrogen functional groups attached to an aromatic ring is 1. The number of ether oxygens (including phenoxy) is 2. The Balaban J connectivity index is 1.55. The molecule has 4 rings (SSSR count). The largest absolute Gasteiger partial charge is 0.444 e. The molecule has 1 aliphatic heterocycles. The highest BCUT2D eigenvalue weighted by molar-refractivity contribution is 7.15. The van der Waals surface area contributed by atoms with Gasteiger partial charge < -0.3 is 25.4 Å². The summed E-state index contributed by atoms with van der Waals surface area (Å²) >= 11 is 1.18. The zero-order valence-corrected chi connectivity index (χ0v) is 21.8. The van der Waals surface area contributed by atoms with Crippen molar-refractivity contribution >= 4 is 29.1 Å². The van der Waals surface area contributed by atoms with E-state index < -0.39 is 54.0 Å². The lowest BCUT2D eigenvalue weighted by molar-refractivity contribution is -0.0723. The fourth-order valence-corrected chi connectivity index (χ4v) is 4.58. The molecule has 204 valence electrons. The van der Waals surface area contributed by atoms with E-state index in [0.29, 0.717) is 15.6 Å². The van der Waals surface area contributed by atoms with Gasteiger partial charge in [-0.15, -0.1) is 11.3 Å². The van der Waals surface area contributed by atoms with Crippen molar-refractivity contribution in [3.63, 3.8) is 0 Å². The molecular formula is C24H26F4N6O3S. The first-order chi connectivity index (χ1) is 17.7. The molecule has 1 fully saturated rings. The Morgan fingerprint density at radius 2 is 1.95 bits per heavy atom. The van der Waals surface area contributed by atoms with Crippen LogP contribution in [0.1, 0.15) is 32.2 Å². The number of carbonyl (C=O) groups excluding carboxylic acids is 1. The highest BCUT2D eigenvalue weighted by Gasteiger charge is 2.43. The number of nitrogens with two attached hydrogens (primary N) is 1. The third-order valence-electron chi connectivity index (χ3n) is 5.27. The average molecular weight is 555 g/mol. The molecule has 14 heteroatoms. The summed E-state index contributed by atoms with van der Waals surface area (Å²) in [6.07, 6.45) is 0.0155. The highest BCUT2D eigenvalue weighted by atomic mass is 32.1. The summed E-state index contributed by atoms with van der Waals surface area (Å²) in [7, 11) is 0. The summed E-state index contributed by atoms with van der Waals surface area (Å²) in [5.74, 6) is -6.08. The van der Waals surface area contributed by atoms with E-state index in [-0.39, 0.29) is 24.1 Å². The molecule has 38 heavy (non-hydrogen) atoms. The van der Waals surface area contributed by atoms with Crippen molar-refractivity contribution in [2.24, 2.45) is 0 Å². The molecule has 0 aliphatic carbocycles. The van der Waals surface area contributed by atoms with Gasteiger partial charge in [-0.1, -0.05) is 0 Å². The van der Waals surface area contributed by atoms with Crippen LogP contribution in [0.25, 0.3) is 10.6 Å². The highest BCUT2D eigenvalue weighted by Crippen LogP contribution is 2.38. The number of piperidine rings is 1. The van der Waals surface area contributed by atoms with Crippen LogP contribution in [-0.4, -0.2) is 56.6 Å². The van der Waals surface area contributed by atoms with E-state index in [0.717, 1.165) is 4.90 Å². The van der Waals surface area contributed by atoms with Crippen molar-refractivity contribution in [2.45, 2.75) is 51.7 Å². The summed E-state index contributed by atoms with van der Waals surface area (Å²) in [6, 6.07) is 3.01. The molecule has 3 heterocycles. The first-order valence-corrected chi connectivity index (χ1v) is 12.4. The lowest BCUT2D eigenvalue weighted by Crippen LogP contribution is -2.54. The number of anilines is 2. The summed E-state index contributed by atoms with van der Waals surface area (Å²) in [4.78, 5) is 26.5. The number of hydrogen-bond acceptors (Lipinski definition) is 9. The Morgan fingerprint density at radius 3 is 2.66 bits per heavy atom. The van der Waals surface area contributed by atoms with Crippen LogP contribution in [0.5, 0.6) is 11.6 Å². The lowest BCUT2D eigenvalue weighted by atomic mass is 10.0. The summed E-state index contributed by atoms with van der Waals surface area (Å²) in [5, 5.41) is 3.42. The zero-order valence-electron chi connectivity index (χ0n) is 21.0. The summed E-state index contributed by atoms with van der Waals surface area (Å²) in [5.41, 5.74) is 4.50. The van der Waals surface area contributed by atoms with Crippen molar-refractivity contribution < 1.29 is 31.8 Å². The van der Waals surface area contributed by atoms with Crippen LogP contribution in [0.4, 0.5) is 34.0 Å². The number of likely N-dealkylation sites (tertiary alicyclic amines) is 1. The fourth-order valence-electron chi connectivity index (χ4n) is 3.77. The van der Waals surface area contributed by atoms with E-state index >= 15 is 0 Å². The molecular weight excluding hydrogens is 528 g/mol. The molecule has 1 atom stereocenters. The normalized spacial score (nSPS) is 17.3. The quantitative estimate of drug-likeness (QED) is 0.309. The molecule has 3 N–H and O–H groups in total. The van der Waals surface area contributed by atoms with Crippen LogP contribution in [0.3, 0.4) is 0 Å². The van der Waals surface area contributed by atoms with Crippen LogP contribution < -0.4 is 15.8 Å². The lowest BCUT2D eigenvalue weighted by Gasteiger charge is -2.38. The molecule has 0 unspecified atom stereocenters. The minimum absolute atomic E-state index is 0.0241. The van der Waals surface area contributed by atoms with Gasteiger partial charge in [-0.2, -0.15) is 4.39 Å². The Kier molecular flexibility index (Phi) is 7.37. The van der Waals surface area contributed by atoms with Crippen molar-refractivity contribution in [3.05, 3.63) is 41.0 Å². The summed E-state index contributed by atoms with van der Waals surface area (Å²) in [6.45, 7) is 5.84. The first kappa shape index (κ1) is 27.4. The molecule has 1 aromatic carbocycles. The second kappa shape index (κ2) is 10.2. The van der Waals surface area contributed by atoms with Gasteiger partial charge >= 0.3 is 6.09 Å². The summed E-state index contributed by atoms with van der Waals surface area (Å²) < 4.78 is 68.0. The molecule has 2 aromatic heterocycles. The standard InChI is InChI=1S/C24H26F4N6O3S/c1-12-31-20(36-16-6-5-14(29)17(25)18(16)26)19(38-12)15-7-8-30-21(33-15)32-13-9-24(27,28)11-34(10-13)22(35)37-23(2,3)4/h5-8,13H,9-11,29H2,1-4H3,(H,30,32,33)/t13-/m0/s1. The van der Waals surface area contributed by atoms with Gasteiger partial charge in [-0.25, -0.2) is 32.9 Å². The van der Waals surface area contributed by atoms with Gasteiger partial charge in [0.05, 0.1) is 29.0 Å². The third kappa shape index (κ3) is 6.41. The number of aryl methyl sites for hydroxylation is 1. The Bertz CT molecular complexity index is 1350. The first-order valence-electron chi connectivity index (χ1n) is 11.6. The number of nitrogens with zero attached hydrogens (tertiary/aromatic N) is 4. The van der Waals surface area contributed by atoms with E-state index in [1.165, 1.54) is 35.7 Å². The predicted octanol–water partition coefficient (Wildman–Crippen LogP) is 5.62. The minimum atomic E-state index is -3.15. The van der Waals surface area contributed by atoms with Gasteiger partial charge in [0.15, 0.2) is 11.6 Å². The third-order valence-corrected chi connectivity index (χ3v) is 6.24. The van der Waals surface area contributed by atoms with E-state index in [1.807, 2.05) is 0 Å². The number of rotatable bonds is 5. The molecule has 0 spiro atoms. The number of nitrogens with one attached hydrogen (secondary N) is 1. The maximum Gasteiger partial charge on any atom is 0.410 e. The van der Waals surface area contributed by atoms with Crippen LogP contribution in [0, 0.1) is 18.6 Å². The van der Waals surface area contributed by atoms with E-state index in [9.17, 15) is 22.4 Å². The van der Waals surface area contributed by atoms with Crippen molar-refractivity contribution in [3.8, 4) is 22.2 Å². The molecule has 0 bridgehead atoms. The average Bonchev–Trinajstić information content (AvgIpc) is 3.17. The number of halogens is 4. The Labute approximate surface area is 220 Å². The molecule has 0 saturated carbocycles. The molecule has 9 nitrogen and oxygen atoms in total. The topological polar surface area (TPSA) is 115 Å². The molecule has 3 aromatic rings. The van der Waals surface area contributed by atoms with Crippen molar-refractivity contribution in [2.75, 3.05) is 24.1 Å². The maximum absolute atomic E-state index is 14.5. The van der Waals surface area contributed by atoms with Gasteiger partial charge in [0.25, 0.3) is 5.92 Å². The number of benzene rings is 1. The predicted molar refractivity (Wildman–Crippen MR) is 134 cm³/mol. The van der Waals surface area contributed by atoms with Gasteiger partial charge in [-0.05, 0) is 45.9 Å². The van der Waals surface area contributed by atoms with E-state index in [2.05, 4.69) is 20.3 Å². The second-order valence-corrected chi connectivity index (χ2v) is 11.0. The molecule has 1 amide bonds. The van der Waals surface area contributed by atoms with E-state index in [4.69, 9.17) is 15.2 Å². The monoisotopic (exact) mass is 554 g/mol. The van der Waals surface area contributed by atoms with Crippen molar-refractivity contribution in [1.82, 2.24) is 19.9 Å². The number of hydrogen-bond donors (Lipinski definition) is 2. The number of amides is 1. The number of carbonyl (C=O) groups is 1. The smallest absolute Gasteiger partial charge is 0.410 e. The molecule has 0 radical (unpaired) electrons. The van der Waals surface area contributed by atoms with E-state index in [1.54, 1.807) is 27.7 Å². The number of aromatic nitrogens is 3. The fraction of sp³-hybridized carbons (Fsp3) is 0.417. The second-order valence-electron chi connectivity index (χ2n) is 9.78. The maximum atomic E-state index is 14.5.